The van der Waals surface area contributed by atoms with Gasteiger partial charge >= 0.3 is 6.09 Å². The van der Waals surface area contributed by atoms with Crippen LogP contribution in [0.1, 0.15) is 11.1 Å². The topological polar surface area (TPSA) is 103 Å². The van der Waals surface area contributed by atoms with Gasteiger partial charge in [-0.3, -0.25) is 4.99 Å². The first-order valence-corrected chi connectivity index (χ1v) is 8.78. The van der Waals surface area contributed by atoms with Crippen molar-refractivity contribution in [3.05, 3.63) is 59.7 Å². The van der Waals surface area contributed by atoms with Crippen LogP contribution >= 0.6 is 0 Å². The minimum atomic E-state index is -0.537. The largest absolute Gasteiger partial charge is 0.412 e. The number of hydrogen-bond acceptors (Lipinski definition) is 3. The summed E-state index contributed by atoms with van der Waals surface area (Å²) in [6, 6.07) is 14.2. The van der Waals surface area contributed by atoms with Crippen LogP contribution in [0.4, 0.5) is 4.79 Å². The second-order valence-electron chi connectivity index (χ2n) is 6.41. The van der Waals surface area contributed by atoms with E-state index in [1.54, 1.807) is 0 Å². The molecule has 0 aromatic heterocycles. The first-order chi connectivity index (χ1) is 13.1. The van der Waals surface area contributed by atoms with Gasteiger partial charge in [0.15, 0.2) is 5.96 Å². The predicted octanol–water partition coefficient (Wildman–Crippen LogP) is 2.92. The first kappa shape index (κ1) is 16.9. The van der Waals surface area contributed by atoms with E-state index in [1.807, 2.05) is 18.2 Å². The van der Waals surface area contributed by atoms with E-state index < -0.39 is 6.09 Å². The molecule has 3 aromatic rings. The highest BCUT2D eigenvalue weighted by atomic mass is 16.6. The van der Waals surface area contributed by atoms with Crippen LogP contribution in [-0.4, -0.2) is 25.1 Å². The van der Waals surface area contributed by atoms with Gasteiger partial charge in [0, 0.05) is 6.54 Å². The van der Waals surface area contributed by atoms with E-state index in [4.69, 9.17) is 16.2 Å². The molecule has 0 fully saturated rings. The number of benzene rings is 3. The standard InChI is InChI=1S/C21H20N4O2/c22-20(23)24-10-11-25-21(26)27-15-6-9-17-14(12-15)5-8-18-16-3-1-2-13(16)4-7-19(17)18/h1-2,4-9,12H,3,10-11H2,(H,25,26)(H4,22,23,24). The second kappa shape index (κ2) is 6.99. The molecule has 0 heterocycles. The first-order valence-electron chi connectivity index (χ1n) is 8.78. The molecule has 0 bridgehead atoms. The van der Waals surface area contributed by atoms with E-state index >= 15 is 0 Å². The predicted molar refractivity (Wildman–Crippen MR) is 109 cm³/mol. The van der Waals surface area contributed by atoms with Gasteiger partial charge in [-0.15, -0.1) is 0 Å². The lowest BCUT2D eigenvalue weighted by atomic mass is 9.96. The van der Waals surface area contributed by atoms with E-state index in [-0.39, 0.29) is 5.96 Å². The number of carbonyl (C=O) groups excluding carboxylic acids is 1. The van der Waals surface area contributed by atoms with Crippen LogP contribution in [0.5, 0.6) is 5.75 Å². The van der Waals surface area contributed by atoms with Gasteiger partial charge in [0.2, 0.25) is 0 Å². The Bertz CT molecular complexity index is 1100. The van der Waals surface area contributed by atoms with Crippen molar-refractivity contribution in [3.63, 3.8) is 0 Å². The number of fused-ring (bicyclic) bond motifs is 5. The third kappa shape index (κ3) is 3.42. The molecule has 0 saturated carbocycles. The van der Waals surface area contributed by atoms with Gasteiger partial charge < -0.3 is 21.5 Å². The molecule has 0 saturated heterocycles. The Balaban J connectivity index is 1.54. The van der Waals surface area contributed by atoms with Gasteiger partial charge in [0.25, 0.3) is 0 Å². The molecule has 27 heavy (non-hydrogen) atoms. The molecule has 1 aliphatic rings. The summed E-state index contributed by atoms with van der Waals surface area (Å²) in [5.74, 6) is 0.484. The molecule has 6 heteroatoms. The molecule has 0 unspecified atom stereocenters. The number of allylic oxidation sites excluding steroid dienone is 1. The van der Waals surface area contributed by atoms with Crippen LogP contribution in [0, 0.1) is 0 Å². The minimum Gasteiger partial charge on any atom is -0.410 e. The lowest BCUT2D eigenvalue weighted by Crippen LogP contribution is -2.30. The molecule has 6 nitrogen and oxygen atoms in total. The average molecular weight is 360 g/mol. The van der Waals surface area contributed by atoms with Gasteiger partial charge in [0.05, 0.1) is 6.54 Å². The fraction of sp³-hybridized carbons (Fsp3) is 0.143. The fourth-order valence-corrected chi connectivity index (χ4v) is 3.44. The fourth-order valence-electron chi connectivity index (χ4n) is 3.44. The Morgan fingerprint density at radius 2 is 1.89 bits per heavy atom. The van der Waals surface area contributed by atoms with E-state index in [0.29, 0.717) is 18.8 Å². The number of aliphatic imine (C=N–C) groups is 1. The SMILES string of the molecule is NC(N)=NCCNC(=O)Oc1ccc2c(ccc3c4c(ccc32)C=CC4)c1. The highest BCUT2D eigenvalue weighted by molar-refractivity contribution is 6.09. The van der Waals surface area contributed by atoms with Crippen molar-refractivity contribution in [2.75, 3.05) is 13.1 Å². The van der Waals surface area contributed by atoms with E-state index in [1.165, 1.54) is 21.9 Å². The van der Waals surface area contributed by atoms with E-state index in [0.717, 1.165) is 17.2 Å². The molecule has 136 valence electrons. The molecular weight excluding hydrogens is 340 g/mol. The number of nitrogens with two attached hydrogens (primary N) is 2. The third-order valence-corrected chi connectivity index (χ3v) is 4.64. The average Bonchev–Trinajstić information content (AvgIpc) is 3.13. The summed E-state index contributed by atoms with van der Waals surface area (Å²) in [5.41, 5.74) is 13.1. The molecule has 0 atom stereocenters. The summed E-state index contributed by atoms with van der Waals surface area (Å²) >= 11 is 0. The molecule has 3 aromatic carbocycles. The minimum absolute atomic E-state index is 0.00616. The zero-order valence-electron chi connectivity index (χ0n) is 14.7. The molecule has 0 spiro atoms. The zero-order chi connectivity index (χ0) is 18.8. The second-order valence-corrected chi connectivity index (χ2v) is 6.41. The summed E-state index contributed by atoms with van der Waals surface area (Å²) < 4.78 is 5.34. The van der Waals surface area contributed by atoms with Crippen LogP contribution in [0.2, 0.25) is 0 Å². The molecule has 5 N–H and O–H groups in total. The quantitative estimate of drug-likeness (QED) is 0.288. The van der Waals surface area contributed by atoms with Crippen molar-refractivity contribution in [1.29, 1.82) is 0 Å². The van der Waals surface area contributed by atoms with Gasteiger partial charge in [0.1, 0.15) is 5.75 Å². The lowest BCUT2D eigenvalue weighted by Gasteiger charge is -2.10. The Labute approximate surface area is 156 Å². The highest BCUT2D eigenvalue weighted by Crippen LogP contribution is 2.34. The van der Waals surface area contributed by atoms with Crippen LogP contribution in [0.15, 0.2) is 53.5 Å². The number of hydrogen-bond donors (Lipinski definition) is 3. The summed E-state index contributed by atoms with van der Waals surface area (Å²) in [5, 5.41) is 7.26. The van der Waals surface area contributed by atoms with E-state index in [2.05, 4.69) is 46.7 Å². The Kier molecular flexibility index (Phi) is 4.38. The highest BCUT2D eigenvalue weighted by Gasteiger charge is 2.12. The Morgan fingerprint density at radius 3 is 2.74 bits per heavy atom. The van der Waals surface area contributed by atoms with Crippen LogP contribution in [0.25, 0.3) is 27.6 Å². The van der Waals surface area contributed by atoms with E-state index in [9.17, 15) is 4.79 Å². The van der Waals surface area contributed by atoms with Crippen molar-refractivity contribution in [1.82, 2.24) is 5.32 Å². The summed E-state index contributed by atoms with van der Waals surface area (Å²) in [6.07, 6.45) is 4.79. The lowest BCUT2D eigenvalue weighted by molar-refractivity contribution is 0.201. The van der Waals surface area contributed by atoms with Crippen molar-refractivity contribution in [3.8, 4) is 5.75 Å². The van der Waals surface area contributed by atoms with Gasteiger partial charge in [-0.25, -0.2) is 4.79 Å². The number of nitrogens with zero attached hydrogens (tertiary/aromatic N) is 1. The summed E-state index contributed by atoms with van der Waals surface area (Å²) in [4.78, 5) is 15.7. The monoisotopic (exact) mass is 360 g/mol. The molecule has 0 radical (unpaired) electrons. The smallest absolute Gasteiger partial charge is 0.410 e. The van der Waals surface area contributed by atoms with Gasteiger partial charge in [-0.05, 0) is 51.2 Å². The van der Waals surface area contributed by atoms with Crippen LogP contribution in [0.3, 0.4) is 0 Å². The number of guanidine groups is 1. The molecule has 1 aliphatic carbocycles. The van der Waals surface area contributed by atoms with Crippen molar-refractivity contribution < 1.29 is 9.53 Å². The molecule has 0 aliphatic heterocycles. The van der Waals surface area contributed by atoms with Crippen LogP contribution < -0.4 is 21.5 Å². The number of amides is 1. The Hall–Kier alpha value is -3.54. The van der Waals surface area contributed by atoms with Gasteiger partial charge in [-0.1, -0.05) is 42.5 Å². The normalized spacial score (nSPS) is 12.1. The molecular formula is C21H20N4O2. The summed E-state index contributed by atoms with van der Waals surface area (Å²) in [6.45, 7) is 0.606. The van der Waals surface area contributed by atoms with Crippen molar-refractivity contribution in [2.45, 2.75) is 6.42 Å². The maximum Gasteiger partial charge on any atom is 0.412 e. The number of carbonyl (C=O) groups is 1. The maximum atomic E-state index is 11.9. The maximum absolute atomic E-state index is 11.9. The molecule has 1 amide bonds. The number of rotatable bonds is 4. The number of nitrogens with one attached hydrogen (secondary N) is 1. The van der Waals surface area contributed by atoms with Crippen LogP contribution in [-0.2, 0) is 6.42 Å². The zero-order valence-corrected chi connectivity index (χ0v) is 14.7. The summed E-state index contributed by atoms with van der Waals surface area (Å²) in [7, 11) is 0. The Morgan fingerprint density at radius 1 is 1.07 bits per heavy atom. The number of ether oxygens (including phenoxy) is 1. The van der Waals surface area contributed by atoms with Gasteiger partial charge in [-0.2, -0.15) is 0 Å². The molecule has 4 rings (SSSR count). The van der Waals surface area contributed by atoms with Crippen molar-refractivity contribution in [2.24, 2.45) is 16.5 Å². The van der Waals surface area contributed by atoms with Crippen molar-refractivity contribution >= 4 is 39.7 Å². The third-order valence-electron chi connectivity index (χ3n) is 4.64.